The Morgan fingerprint density at radius 1 is 1.32 bits per heavy atom. The second-order valence-electron chi connectivity index (χ2n) is 6.52. The van der Waals surface area contributed by atoms with Gasteiger partial charge < -0.3 is 10.1 Å². The van der Waals surface area contributed by atoms with Gasteiger partial charge in [0.25, 0.3) is 0 Å². The van der Waals surface area contributed by atoms with Crippen molar-refractivity contribution >= 4 is 5.97 Å². The molecule has 5 atom stereocenters. The Kier molecular flexibility index (Phi) is 3.81. The lowest BCUT2D eigenvalue weighted by Crippen LogP contribution is -2.53. The molecule has 3 fully saturated rings. The van der Waals surface area contributed by atoms with Gasteiger partial charge in [0.1, 0.15) is 0 Å². The first-order valence-electron chi connectivity index (χ1n) is 7.73. The number of hydrogen-bond donors (Lipinski definition) is 1. The molecule has 3 heterocycles. The maximum atomic E-state index is 12.3. The van der Waals surface area contributed by atoms with Crippen molar-refractivity contribution in [3.63, 3.8) is 0 Å². The van der Waals surface area contributed by atoms with E-state index < -0.39 is 0 Å². The summed E-state index contributed by atoms with van der Waals surface area (Å²) in [5, 5.41) is 3.51. The smallest absolute Gasteiger partial charge is 0.310 e. The molecule has 0 radical (unpaired) electrons. The third-order valence-electron chi connectivity index (χ3n) is 5.73. The summed E-state index contributed by atoms with van der Waals surface area (Å²) in [6, 6.07) is 1.11. The Bertz CT molecular complexity index is 341. The van der Waals surface area contributed by atoms with Gasteiger partial charge in [-0.1, -0.05) is 0 Å². The Hall–Kier alpha value is -0.610. The number of ether oxygens (including phenoxy) is 1. The number of rotatable bonds is 2. The Balaban J connectivity index is 1.82. The van der Waals surface area contributed by atoms with E-state index in [1.54, 1.807) is 7.11 Å². The van der Waals surface area contributed by atoms with E-state index in [0.29, 0.717) is 23.9 Å². The number of esters is 1. The van der Waals surface area contributed by atoms with Gasteiger partial charge in [-0.25, -0.2) is 0 Å². The maximum Gasteiger partial charge on any atom is 0.310 e. The molecule has 3 rings (SSSR count). The van der Waals surface area contributed by atoms with Gasteiger partial charge in [0.05, 0.1) is 13.0 Å². The summed E-state index contributed by atoms with van der Waals surface area (Å²) in [6.07, 6.45) is 6.12. The molecule has 0 amide bonds. The van der Waals surface area contributed by atoms with Crippen LogP contribution in [0.25, 0.3) is 0 Å². The van der Waals surface area contributed by atoms with Crippen molar-refractivity contribution in [2.75, 3.05) is 27.2 Å². The first kappa shape index (κ1) is 13.4. The first-order chi connectivity index (χ1) is 9.22. The summed E-state index contributed by atoms with van der Waals surface area (Å²) in [7, 11) is 3.73. The van der Waals surface area contributed by atoms with Gasteiger partial charge in [0, 0.05) is 12.1 Å². The summed E-state index contributed by atoms with van der Waals surface area (Å²) in [6.45, 7) is 2.22. The number of fused-ring (bicyclic) bond motifs is 2. The highest BCUT2D eigenvalue weighted by molar-refractivity contribution is 5.74. The molecule has 0 aromatic rings. The molecule has 0 aromatic heterocycles. The Labute approximate surface area is 115 Å². The van der Waals surface area contributed by atoms with E-state index in [-0.39, 0.29) is 11.9 Å². The molecular formula is C15H26N2O2. The van der Waals surface area contributed by atoms with Gasteiger partial charge in [-0.2, -0.15) is 0 Å². The van der Waals surface area contributed by atoms with E-state index in [1.165, 1.54) is 25.7 Å². The van der Waals surface area contributed by atoms with Gasteiger partial charge in [-0.3, -0.25) is 9.69 Å². The summed E-state index contributed by atoms with van der Waals surface area (Å²) in [5.41, 5.74) is 0. The number of hydrogen-bond acceptors (Lipinski definition) is 4. The summed E-state index contributed by atoms with van der Waals surface area (Å²) < 4.78 is 5.12. The van der Waals surface area contributed by atoms with Crippen LogP contribution < -0.4 is 5.32 Å². The number of nitrogens with one attached hydrogen (secondary N) is 1. The largest absolute Gasteiger partial charge is 0.469 e. The molecule has 2 unspecified atom stereocenters. The summed E-state index contributed by atoms with van der Waals surface area (Å²) >= 11 is 0. The van der Waals surface area contributed by atoms with Crippen LogP contribution in [-0.4, -0.2) is 50.2 Å². The van der Waals surface area contributed by atoms with Crippen molar-refractivity contribution in [3.8, 4) is 0 Å². The predicted octanol–water partition coefficient (Wildman–Crippen LogP) is 1.26. The van der Waals surface area contributed by atoms with Gasteiger partial charge in [-0.15, -0.1) is 0 Å². The molecule has 0 aliphatic carbocycles. The zero-order valence-corrected chi connectivity index (χ0v) is 12.1. The highest BCUT2D eigenvalue weighted by Gasteiger charge is 2.51. The second-order valence-corrected chi connectivity index (χ2v) is 6.52. The molecule has 3 saturated heterocycles. The van der Waals surface area contributed by atoms with Crippen LogP contribution >= 0.6 is 0 Å². The van der Waals surface area contributed by atoms with Gasteiger partial charge in [0.2, 0.25) is 0 Å². The molecule has 2 bridgehead atoms. The monoisotopic (exact) mass is 266 g/mol. The van der Waals surface area contributed by atoms with Crippen LogP contribution in [0.1, 0.15) is 32.1 Å². The number of methoxy groups -OCH3 is 1. The maximum absolute atomic E-state index is 12.3. The number of piperidine rings is 2. The highest BCUT2D eigenvalue weighted by atomic mass is 16.5. The van der Waals surface area contributed by atoms with Crippen molar-refractivity contribution in [2.45, 2.75) is 44.2 Å². The second kappa shape index (κ2) is 5.41. The number of nitrogens with zero attached hydrogens (tertiary/aromatic N) is 1. The predicted molar refractivity (Wildman–Crippen MR) is 73.8 cm³/mol. The lowest BCUT2D eigenvalue weighted by atomic mass is 9.71. The Morgan fingerprint density at radius 2 is 2.16 bits per heavy atom. The normalized spacial score (nSPS) is 43.2. The Morgan fingerprint density at radius 3 is 2.84 bits per heavy atom. The van der Waals surface area contributed by atoms with Crippen LogP contribution in [0.5, 0.6) is 0 Å². The van der Waals surface area contributed by atoms with Crippen molar-refractivity contribution < 1.29 is 9.53 Å². The van der Waals surface area contributed by atoms with Gasteiger partial charge >= 0.3 is 5.97 Å². The molecule has 3 aliphatic rings. The lowest BCUT2D eigenvalue weighted by Gasteiger charge is -2.45. The lowest BCUT2D eigenvalue weighted by molar-refractivity contribution is -0.154. The zero-order valence-electron chi connectivity index (χ0n) is 12.1. The fourth-order valence-corrected chi connectivity index (χ4v) is 4.70. The average Bonchev–Trinajstić information content (AvgIpc) is 2.70. The van der Waals surface area contributed by atoms with E-state index in [0.717, 1.165) is 19.5 Å². The highest BCUT2D eigenvalue weighted by Crippen LogP contribution is 2.46. The molecule has 3 aliphatic heterocycles. The van der Waals surface area contributed by atoms with Crippen LogP contribution in [0.15, 0.2) is 0 Å². The van der Waals surface area contributed by atoms with Crippen molar-refractivity contribution in [1.29, 1.82) is 0 Å². The summed E-state index contributed by atoms with van der Waals surface area (Å²) in [4.78, 5) is 14.7. The molecule has 1 N–H and O–H groups in total. The van der Waals surface area contributed by atoms with E-state index in [9.17, 15) is 4.79 Å². The van der Waals surface area contributed by atoms with Crippen LogP contribution in [0.2, 0.25) is 0 Å². The molecular weight excluding hydrogens is 240 g/mol. The fourth-order valence-electron chi connectivity index (χ4n) is 4.70. The molecule has 4 nitrogen and oxygen atoms in total. The third kappa shape index (κ3) is 2.29. The van der Waals surface area contributed by atoms with E-state index >= 15 is 0 Å². The SMILES string of the molecule is COC(=O)[C@@H]1C2CC[C@H](C[C@@H]1C1CCCNC1)N2C. The topological polar surface area (TPSA) is 41.6 Å². The van der Waals surface area contributed by atoms with Gasteiger partial charge in [-0.05, 0) is 64.1 Å². The fraction of sp³-hybridized carbons (Fsp3) is 0.933. The van der Waals surface area contributed by atoms with Crippen molar-refractivity contribution in [2.24, 2.45) is 17.8 Å². The van der Waals surface area contributed by atoms with Crippen LogP contribution in [0.4, 0.5) is 0 Å². The summed E-state index contributed by atoms with van der Waals surface area (Å²) in [5.74, 6) is 1.30. The number of carbonyl (C=O) groups is 1. The molecule has 0 spiro atoms. The van der Waals surface area contributed by atoms with Crippen LogP contribution in [0.3, 0.4) is 0 Å². The minimum absolute atomic E-state index is 0.0211. The zero-order chi connectivity index (χ0) is 13.4. The first-order valence-corrected chi connectivity index (χ1v) is 7.73. The third-order valence-corrected chi connectivity index (χ3v) is 5.73. The molecule has 19 heavy (non-hydrogen) atoms. The van der Waals surface area contributed by atoms with E-state index in [2.05, 4.69) is 17.3 Å². The van der Waals surface area contributed by atoms with Crippen LogP contribution in [-0.2, 0) is 9.53 Å². The average molecular weight is 266 g/mol. The quantitative estimate of drug-likeness (QED) is 0.764. The van der Waals surface area contributed by atoms with E-state index in [4.69, 9.17) is 4.74 Å². The molecule has 0 saturated carbocycles. The number of carbonyl (C=O) groups excluding carboxylic acids is 1. The molecule has 4 heteroatoms. The van der Waals surface area contributed by atoms with Crippen LogP contribution in [0, 0.1) is 17.8 Å². The minimum atomic E-state index is 0.0211. The minimum Gasteiger partial charge on any atom is -0.469 e. The molecule has 0 aromatic carbocycles. The van der Waals surface area contributed by atoms with Gasteiger partial charge in [0.15, 0.2) is 0 Å². The standard InChI is InChI=1S/C15H26N2O2/c1-17-11-5-6-13(17)14(15(18)19-2)12(8-11)10-4-3-7-16-9-10/h10-14,16H,3-9H2,1-2H3/t10?,11-,12-,13?,14+/m1/s1. The van der Waals surface area contributed by atoms with Crippen molar-refractivity contribution in [1.82, 2.24) is 10.2 Å². The van der Waals surface area contributed by atoms with Crippen molar-refractivity contribution in [3.05, 3.63) is 0 Å². The van der Waals surface area contributed by atoms with E-state index in [1.807, 2.05) is 0 Å². The molecule has 108 valence electrons.